The number of hydrogen-bond acceptors (Lipinski definition) is 5. The minimum absolute atomic E-state index is 0.0708. The zero-order valence-corrected chi connectivity index (χ0v) is 14.6. The Morgan fingerprint density at radius 2 is 2.08 bits per heavy atom. The minimum Gasteiger partial charge on any atom is -0.355 e. The highest BCUT2D eigenvalue weighted by Crippen LogP contribution is 2.35. The van der Waals surface area contributed by atoms with Crippen LogP contribution in [0.25, 0.3) is 22.0 Å². The second-order valence-electron chi connectivity index (χ2n) is 6.79. The minimum atomic E-state index is 0.0708. The van der Waals surface area contributed by atoms with E-state index in [1.807, 2.05) is 24.3 Å². The number of nitrogens with two attached hydrogens (primary N) is 1. The van der Waals surface area contributed by atoms with Crippen molar-refractivity contribution in [3.05, 3.63) is 54.4 Å². The summed E-state index contributed by atoms with van der Waals surface area (Å²) in [7, 11) is 0. The summed E-state index contributed by atoms with van der Waals surface area (Å²) < 4.78 is 0. The number of carbonyl (C=O) groups is 1. The lowest BCUT2D eigenvalue weighted by atomic mass is 9.96. The lowest BCUT2D eigenvalue weighted by Crippen LogP contribution is -2.36. The normalized spacial score (nSPS) is 17.4. The quantitative estimate of drug-likeness (QED) is 0.735. The van der Waals surface area contributed by atoms with Crippen molar-refractivity contribution in [3.8, 4) is 11.1 Å². The number of benzene rings is 2. The summed E-state index contributed by atoms with van der Waals surface area (Å²) in [5, 5.41) is 1.04. The molecule has 5 heteroatoms. The van der Waals surface area contributed by atoms with E-state index in [4.69, 9.17) is 5.73 Å². The van der Waals surface area contributed by atoms with E-state index in [9.17, 15) is 4.79 Å². The summed E-state index contributed by atoms with van der Waals surface area (Å²) in [6.07, 6.45) is 4.64. The standard InChI is InChI=1S/C21H22N4O/c22-11-15-4-1-6-17(10-15)18-7-2-8-19-20(18)21(24-14-23-19)25-9-3-5-16(12-25)13-26/h1-2,4,6-8,10,13-14,16H,3,5,9,11-12,22H2. The van der Waals surface area contributed by atoms with Gasteiger partial charge in [-0.2, -0.15) is 0 Å². The Balaban J connectivity index is 1.88. The molecule has 0 spiro atoms. The zero-order valence-electron chi connectivity index (χ0n) is 14.6. The second-order valence-corrected chi connectivity index (χ2v) is 6.79. The van der Waals surface area contributed by atoms with E-state index in [2.05, 4.69) is 33.1 Å². The fourth-order valence-electron chi connectivity index (χ4n) is 3.75. The summed E-state index contributed by atoms with van der Waals surface area (Å²) in [5.41, 5.74) is 10.0. The van der Waals surface area contributed by atoms with Crippen LogP contribution in [0.15, 0.2) is 48.8 Å². The Hall–Kier alpha value is -2.79. The van der Waals surface area contributed by atoms with E-state index in [1.165, 1.54) is 0 Å². The van der Waals surface area contributed by atoms with Gasteiger partial charge in [0.15, 0.2) is 0 Å². The maximum absolute atomic E-state index is 11.3. The summed E-state index contributed by atoms with van der Waals surface area (Å²) >= 11 is 0. The van der Waals surface area contributed by atoms with E-state index in [1.54, 1.807) is 6.33 Å². The van der Waals surface area contributed by atoms with Crippen LogP contribution in [0, 0.1) is 5.92 Å². The molecule has 5 nitrogen and oxygen atoms in total. The van der Waals surface area contributed by atoms with Gasteiger partial charge in [0.05, 0.1) is 10.9 Å². The largest absolute Gasteiger partial charge is 0.355 e. The molecule has 0 amide bonds. The predicted octanol–water partition coefficient (Wildman–Crippen LogP) is 3.17. The molecule has 1 saturated heterocycles. The van der Waals surface area contributed by atoms with Crippen molar-refractivity contribution >= 4 is 23.0 Å². The summed E-state index contributed by atoms with van der Waals surface area (Å²) in [6.45, 7) is 2.13. The highest BCUT2D eigenvalue weighted by molar-refractivity contribution is 6.02. The lowest BCUT2D eigenvalue weighted by Gasteiger charge is -2.32. The van der Waals surface area contributed by atoms with Crippen LogP contribution in [-0.2, 0) is 11.3 Å². The molecule has 2 N–H and O–H groups in total. The molecule has 0 saturated carbocycles. The maximum atomic E-state index is 11.3. The third kappa shape index (κ3) is 3.06. The molecule has 1 fully saturated rings. The van der Waals surface area contributed by atoms with Gasteiger partial charge in [-0.3, -0.25) is 0 Å². The van der Waals surface area contributed by atoms with Crippen molar-refractivity contribution in [1.29, 1.82) is 0 Å². The second kappa shape index (κ2) is 7.22. The van der Waals surface area contributed by atoms with Crippen molar-refractivity contribution in [2.45, 2.75) is 19.4 Å². The molecule has 0 bridgehead atoms. The average molecular weight is 346 g/mol. The molecule has 2 heterocycles. The average Bonchev–Trinajstić information content (AvgIpc) is 2.73. The van der Waals surface area contributed by atoms with Gasteiger partial charge in [0.25, 0.3) is 0 Å². The molecule has 1 aromatic heterocycles. The van der Waals surface area contributed by atoms with Crippen LogP contribution in [0.4, 0.5) is 5.82 Å². The van der Waals surface area contributed by atoms with E-state index < -0.39 is 0 Å². The molecule has 0 aliphatic carbocycles. The van der Waals surface area contributed by atoms with Gasteiger partial charge in [0.1, 0.15) is 18.4 Å². The zero-order chi connectivity index (χ0) is 17.9. The van der Waals surface area contributed by atoms with Crippen LogP contribution in [0.2, 0.25) is 0 Å². The molecule has 1 unspecified atom stereocenters. The molecule has 26 heavy (non-hydrogen) atoms. The smallest absolute Gasteiger partial charge is 0.140 e. The number of aldehydes is 1. The molecule has 1 aliphatic rings. The van der Waals surface area contributed by atoms with Crippen molar-refractivity contribution in [2.75, 3.05) is 18.0 Å². The molecule has 132 valence electrons. The van der Waals surface area contributed by atoms with Crippen molar-refractivity contribution in [1.82, 2.24) is 9.97 Å². The van der Waals surface area contributed by atoms with Gasteiger partial charge in [-0.15, -0.1) is 0 Å². The van der Waals surface area contributed by atoms with Gasteiger partial charge in [-0.1, -0.05) is 30.3 Å². The highest BCUT2D eigenvalue weighted by Gasteiger charge is 2.23. The number of nitrogens with zero attached hydrogens (tertiary/aromatic N) is 3. The Bertz CT molecular complexity index is 935. The van der Waals surface area contributed by atoms with E-state index >= 15 is 0 Å². The lowest BCUT2D eigenvalue weighted by molar-refractivity contribution is -0.111. The van der Waals surface area contributed by atoms with Crippen LogP contribution in [0.1, 0.15) is 18.4 Å². The number of rotatable bonds is 4. The number of aromatic nitrogens is 2. The number of anilines is 1. The Kier molecular flexibility index (Phi) is 4.63. The molecule has 4 rings (SSSR count). The van der Waals surface area contributed by atoms with Crippen LogP contribution < -0.4 is 10.6 Å². The van der Waals surface area contributed by atoms with Crippen LogP contribution in [0.3, 0.4) is 0 Å². The molecular weight excluding hydrogens is 324 g/mol. The summed E-state index contributed by atoms with van der Waals surface area (Å²) in [6, 6.07) is 14.4. The van der Waals surface area contributed by atoms with Crippen LogP contribution >= 0.6 is 0 Å². The van der Waals surface area contributed by atoms with Crippen molar-refractivity contribution in [3.63, 3.8) is 0 Å². The number of piperidine rings is 1. The SMILES string of the molecule is NCc1cccc(-c2cccc3ncnc(N4CCCC(C=O)C4)c23)c1. The first-order valence-corrected chi connectivity index (χ1v) is 9.03. The van der Waals surface area contributed by atoms with Gasteiger partial charge in [0.2, 0.25) is 0 Å². The molecular formula is C21H22N4O. The molecule has 0 radical (unpaired) electrons. The van der Waals surface area contributed by atoms with Gasteiger partial charge < -0.3 is 15.4 Å². The first-order valence-electron chi connectivity index (χ1n) is 9.03. The first-order chi connectivity index (χ1) is 12.8. The fraction of sp³-hybridized carbons (Fsp3) is 0.286. The Morgan fingerprint density at radius 3 is 2.92 bits per heavy atom. The Labute approximate surface area is 152 Å². The van der Waals surface area contributed by atoms with E-state index in [-0.39, 0.29) is 5.92 Å². The maximum Gasteiger partial charge on any atom is 0.140 e. The van der Waals surface area contributed by atoms with Crippen LogP contribution in [0.5, 0.6) is 0 Å². The Morgan fingerprint density at radius 1 is 1.19 bits per heavy atom. The number of carbonyl (C=O) groups excluding carboxylic acids is 1. The molecule has 3 aromatic rings. The topological polar surface area (TPSA) is 72.1 Å². The van der Waals surface area contributed by atoms with Gasteiger partial charge in [-0.25, -0.2) is 9.97 Å². The van der Waals surface area contributed by atoms with Crippen molar-refractivity contribution < 1.29 is 4.79 Å². The molecule has 1 aliphatic heterocycles. The predicted molar refractivity (Wildman–Crippen MR) is 104 cm³/mol. The van der Waals surface area contributed by atoms with Crippen molar-refractivity contribution in [2.24, 2.45) is 11.7 Å². The monoisotopic (exact) mass is 346 g/mol. The number of hydrogen-bond donors (Lipinski definition) is 1. The van der Waals surface area contributed by atoms with Crippen LogP contribution in [-0.4, -0.2) is 29.3 Å². The molecule has 2 aromatic carbocycles. The van der Waals surface area contributed by atoms with Gasteiger partial charge in [-0.05, 0) is 41.7 Å². The summed E-state index contributed by atoms with van der Waals surface area (Å²) in [4.78, 5) is 22.6. The first kappa shape index (κ1) is 16.7. The molecule has 1 atom stereocenters. The third-order valence-electron chi connectivity index (χ3n) is 5.07. The summed E-state index contributed by atoms with van der Waals surface area (Å²) in [5.74, 6) is 0.983. The van der Waals surface area contributed by atoms with Gasteiger partial charge in [0, 0.05) is 25.6 Å². The number of fused-ring (bicyclic) bond motifs is 1. The fourth-order valence-corrected chi connectivity index (χ4v) is 3.75. The van der Waals surface area contributed by atoms with E-state index in [0.29, 0.717) is 13.1 Å². The van der Waals surface area contributed by atoms with Gasteiger partial charge >= 0.3 is 0 Å². The third-order valence-corrected chi connectivity index (χ3v) is 5.07. The highest BCUT2D eigenvalue weighted by atomic mass is 16.1. The van der Waals surface area contributed by atoms with E-state index in [0.717, 1.165) is 59.1 Å².